The Morgan fingerprint density at radius 1 is 0.778 bits per heavy atom. The molecule has 1 atom stereocenters. The van der Waals surface area contributed by atoms with Crippen molar-refractivity contribution in [1.29, 1.82) is 0 Å². The summed E-state index contributed by atoms with van der Waals surface area (Å²) in [5.41, 5.74) is 2.41. The van der Waals surface area contributed by atoms with Gasteiger partial charge in [0.25, 0.3) is 10.0 Å². The lowest BCUT2D eigenvalue weighted by Gasteiger charge is -2.34. The van der Waals surface area contributed by atoms with Gasteiger partial charge in [-0.1, -0.05) is 100 Å². The molecule has 0 bridgehead atoms. The van der Waals surface area contributed by atoms with Gasteiger partial charge < -0.3 is 10.2 Å². The van der Waals surface area contributed by atoms with Crippen LogP contribution in [0.4, 0.5) is 5.69 Å². The lowest BCUT2D eigenvalue weighted by molar-refractivity contribution is -0.140. The number of sulfonamides is 1. The number of nitrogens with zero attached hydrogens (tertiary/aromatic N) is 2. The van der Waals surface area contributed by atoms with E-state index in [2.05, 4.69) is 5.32 Å². The second-order valence-electron chi connectivity index (χ2n) is 10.3. The van der Waals surface area contributed by atoms with E-state index in [0.717, 1.165) is 15.4 Å². The number of aryl methyl sites for hydroxylation is 1. The van der Waals surface area contributed by atoms with Gasteiger partial charge in [-0.05, 0) is 67.4 Å². The van der Waals surface area contributed by atoms with Crippen molar-refractivity contribution in [2.45, 2.75) is 37.8 Å². The Hall–Kier alpha value is -3.27. The maximum atomic E-state index is 14.4. The molecule has 236 valence electrons. The van der Waals surface area contributed by atoms with Gasteiger partial charge in [0.1, 0.15) is 12.6 Å². The molecule has 2 amide bonds. The molecule has 0 aromatic heterocycles. The zero-order chi connectivity index (χ0) is 32.7. The van der Waals surface area contributed by atoms with Crippen LogP contribution in [-0.2, 0) is 32.6 Å². The number of hydrogen-bond donors (Lipinski definition) is 1. The lowest BCUT2D eigenvalue weighted by Crippen LogP contribution is -2.53. The van der Waals surface area contributed by atoms with Gasteiger partial charge in [0.05, 0.1) is 30.7 Å². The third kappa shape index (κ3) is 8.71. The van der Waals surface area contributed by atoms with E-state index in [0.29, 0.717) is 17.1 Å². The first-order valence-corrected chi connectivity index (χ1v) is 17.0. The molecule has 12 heteroatoms. The van der Waals surface area contributed by atoms with E-state index < -0.39 is 34.4 Å². The molecular weight excluding hydrogens is 676 g/mol. The van der Waals surface area contributed by atoms with Gasteiger partial charge in [0.2, 0.25) is 11.8 Å². The summed E-state index contributed by atoms with van der Waals surface area (Å²) < 4.78 is 29.2. The maximum Gasteiger partial charge on any atom is 0.264 e. The quantitative estimate of drug-likeness (QED) is 0.165. The highest BCUT2D eigenvalue weighted by Crippen LogP contribution is 2.31. The fourth-order valence-electron chi connectivity index (χ4n) is 4.69. The number of hydrogen-bond acceptors (Lipinski definition) is 4. The van der Waals surface area contributed by atoms with E-state index in [1.54, 1.807) is 37.3 Å². The minimum Gasteiger partial charge on any atom is -0.355 e. The van der Waals surface area contributed by atoms with Gasteiger partial charge in [-0.2, -0.15) is 0 Å². The molecule has 4 aromatic rings. The molecule has 45 heavy (non-hydrogen) atoms. The standard InChI is InChI=1S/C33H31Cl4N3O4S/c1-3-38-33(42)31(18-23-7-5-4-6-8-23)39(20-24-11-15-27(34)29(36)17-24)32(41)21-40(25-12-16-28(35)30(37)19-25)45(43,44)26-13-9-22(2)10-14-26/h4-17,19,31H,3,18,20-21H2,1-2H3,(H,38,42)/t31-/m0/s1. The van der Waals surface area contributed by atoms with Crippen LogP contribution < -0.4 is 9.62 Å². The van der Waals surface area contributed by atoms with E-state index >= 15 is 0 Å². The van der Waals surface area contributed by atoms with E-state index in [1.165, 1.54) is 35.2 Å². The summed E-state index contributed by atoms with van der Waals surface area (Å²) in [6, 6.07) is 23.8. The third-order valence-electron chi connectivity index (χ3n) is 7.04. The predicted octanol–water partition coefficient (Wildman–Crippen LogP) is 7.58. The second-order valence-corrected chi connectivity index (χ2v) is 13.8. The van der Waals surface area contributed by atoms with Crippen molar-refractivity contribution in [2.75, 3.05) is 17.4 Å². The highest BCUT2D eigenvalue weighted by molar-refractivity contribution is 7.92. The van der Waals surface area contributed by atoms with Crippen molar-refractivity contribution in [1.82, 2.24) is 10.2 Å². The first-order valence-electron chi connectivity index (χ1n) is 14.0. The van der Waals surface area contributed by atoms with Gasteiger partial charge in [-0.3, -0.25) is 13.9 Å². The van der Waals surface area contributed by atoms with Crippen molar-refractivity contribution in [2.24, 2.45) is 0 Å². The Bertz CT molecular complexity index is 1770. The SMILES string of the molecule is CCNC(=O)[C@H](Cc1ccccc1)N(Cc1ccc(Cl)c(Cl)c1)C(=O)CN(c1ccc(Cl)c(Cl)c1)S(=O)(=O)c1ccc(C)cc1. The van der Waals surface area contributed by atoms with Crippen molar-refractivity contribution in [3.63, 3.8) is 0 Å². The van der Waals surface area contributed by atoms with Crippen LogP contribution in [0.1, 0.15) is 23.6 Å². The summed E-state index contributed by atoms with van der Waals surface area (Å²) in [6.07, 6.45) is 0.178. The summed E-state index contributed by atoms with van der Waals surface area (Å²) >= 11 is 24.9. The number of anilines is 1. The van der Waals surface area contributed by atoms with Gasteiger partial charge in [-0.25, -0.2) is 8.42 Å². The van der Waals surface area contributed by atoms with Crippen LogP contribution in [0.15, 0.2) is 95.9 Å². The zero-order valence-electron chi connectivity index (χ0n) is 24.5. The lowest BCUT2D eigenvalue weighted by atomic mass is 10.0. The average molecular weight is 708 g/mol. The molecule has 0 aliphatic heterocycles. The summed E-state index contributed by atoms with van der Waals surface area (Å²) in [7, 11) is -4.28. The van der Waals surface area contributed by atoms with Crippen LogP contribution >= 0.6 is 46.4 Å². The van der Waals surface area contributed by atoms with E-state index in [9.17, 15) is 18.0 Å². The number of likely N-dealkylation sites (N-methyl/N-ethyl adjacent to an activating group) is 1. The normalized spacial score (nSPS) is 12.0. The van der Waals surface area contributed by atoms with Gasteiger partial charge in [-0.15, -0.1) is 0 Å². The van der Waals surface area contributed by atoms with Crippen LogP contribution in [0.5, 0.6) is 0 Å². The fourth-order valence-corrected chi connectivity index (χ4v) is 6.71. The fraction of sp³-hybridized carbons (Fsp3) is 0.212. The molecule has 0 radical (unpaired) electrons. The Labute approximate surface area is 283 Å². The topological polar surface area (TPSA) is 86.8 Å². The molecule has 0 saturated heterocycles. The Kier molecular flexibility index (Phi) is 11.8. The van der Waals surface area contributed by atoms with E-state index in [1.807, 2.05) is 37.3 Å². The van der Waals surface area contributed by atoms with Crippen LogP contribution in [0.3, 0.4) is 0 Å². The minimum absolute atomic E-state index is 0.0208. The van der Waals surface area contributed by atoms with Crippen molar-refractivity contribution >= 4 is 73.9 Å². The van der Waals surface area contributed by atoms with Gasteiger partial charge >= 0.3 is 0 Å². The van der Waals surface area contributed by atoms with Crippen molar-refractivity contribution < 1.29 is 18.0 Å². The van der Waals surface area contributed by atoms with Gasteiger partial charge in [0, 0.05) is 19.5 Å². The highest BCUT2D eigenvalue weighted by atomic mass is 35.5. The minimum atomic E-state index is -4.28. The van der Waals surface area contributed by atoms with Crippen LogP contribution in [0, 0.1) is 6.92 Å². The van der Waals surface area contributed by atoms with E-state index in [-0.39, 0.29) is 38.6 Å². The molecule has 7 nitrogen and oxygen atoms in total. The number of benzene rings is 4. The number of carbonyl (C=O) groups is 2. The highest BCUT2D eigenvalue weighted by Gasteiger charge is 2.34. The molecule has 1 N–H and O–H groups in total. The third-order valence-corrected chi connectivity index (χ3v) is 10.3. The molecule has 0 aliphatic carbocycles. The molecular formula is C33H31Cl4N3O4S. The molecule has 0 aliphatic rings. The van der Waals surface area contributed by atoms with Crippen LogP contribution in [0.2, 0.25) is 20.1 Å². The zero-order valence-corrected chi connectivity index (χ0v) is 28.4. The maximum absolute atomic E-state index is 14.4. The van der Waals surface area contributed by atoms with Crippen molar-refractivity contribution in [3.05, 3.63) is 128 Å². The van der Waals surface area contributed by atoms with Crippen LogP contribution in [0.25, 0.3) is 0 Å². The average Bonchev–Trinajstić information content (AvgIpc) is 3.01. The number of nitrogens with one attached hydrogen (secondary N) is 1. The first-order chi connectivity index (χ1) is 21.4. The number of halogens is 4. The number of carbonyl (C=O) groups excluding carboxylic acids is 2. The summed E-state index contributed by atoms with van der Waals surface area (Å²) in [6.45, 7) is 3.26. The molecule has 0 unspecified atom stereocenters. The number of rotatable bonds is 12. The monoisotopic (exact) mass is 705 g/mol. The molecule has 0 saturated carbocycles. The molecule has 0 spiro atoms. The molecule has 4 aromatic carbocycles. The largest absolute Gasteiger partial charge is 0.355 e. The Morgan fingerprint density at radius 2 is 1.40 bits per heavy atom. The van der Waals surface area contributed by atoms with Crippen LogP contribution in [-0.4, -0.2) is 44.3 Å². The van der Waals surface area contributed by atoms with E-state index in [4.69, 9.17) is 46.4 Å². The molecule has 4 rings (SSSR count). The summed E-state index contributed by atoms with van der Waals surface area (Å²) in [5, 5.41) is 3.77. The predicted molar refractivity (Wildman–Crippen MR) is 182 cm³/mol. The Morgan fingerprint density at radius 3 is 2.00 bits per heavy atom. The van der Waals surface area contributed by atoms with Crippen molar-refractivity contribution in [3.8, 4) is 0 Å². The molecule has 0 heterocycles. The summed E-state index contributed by atoms with van der Waals surface area (Å²) in [5.74, 6) is -1.02. The Balaban J connectivity index is 1.82. The smallest absolute Gasteiger partial charge is 0.264 e. The molecule has 0 fully saturated rings. The summed E-state index contributed by atoms with van der Waals surface area (Å²) in [4.78, 5) is 29.4. The second kappa shape index (κ2) is 15.3. The first kappa shape index (κ1) is 34.6. The van der Waals surface area contributed by atoms with Gasteiger partial charge in [0.15, 0.2) is 0 Å². The number of amides is 2.